The number of piperazine rings is 1. The van der Waals surface area contributed by atoms with Crippen molar-refractivity contribution >= 4 is 11.6 Å². The molecule has 1 N–H and O–H groups in total. The molecule has 0 spiro atoms. The van der Waals surface area contributed by atoms with Gasteiger partial charge in [0.15, 0.2) is 0 Å². The molecule has 0 radical (unpaired) electrons. The highest BCUT2D eigenvalue weighted by molar-refractivity contribution is 5.76. The second-order valence-corrected chi connectivity index (χ2v) is 8.48. The minimum Gasteiger partial charge on any atom is -0.385 e. The molecule has 0 bridgehead atoms. The van der Waals surface area contributed by atoms with Crippen molar-refractivity contribution in [1.82, 2.24) is 10.2 Å². The number of carbonyl (C=O) groups excluding carboxylic acids is 1. The number of nitrogens with zero attached hydrogens (tertiary/aromatic N) is 2. The third kappa shape index (κ3) is 7.27. The summed E-state index contributed by atoms with van der Waals surface area (Å²) < 4.78 is 18.4. The van der Waals surface area contributed by atoms with E-state index in [2.05, 4.69) is 15.1 Å². The van der Waals surface area contributed by atoms with E-state index in [1.807, 2.05) is 6.07 Å². The van der Waals surface area contributed by atoms with Gasteiger partial charge in [-0.25, -0.2) is 4.39 Å². The molecule has 1 aromatic carbocycles. The van der Waals surface area contributed by atoms with E-state index < -0.39 is 0 Å². The van der Waals surface area contributed by atoms with Gasteiger partial charge in [-0.2, -0.15) is 0 Å². The van der Waals surface area contributed by atoms with Crippen LogP contribution in [0.15, 0.2) is 24.3 Å². The van der Waals surface area contributed by atoms with Gasteiger partial charge >= 0.3 is 0 Å². The molecule has 2 fully saturated rings. The minimum absolute atomic E-state index is 0.160. The molecule has 0 atom stereocenters. The topological polar surface area (TPSA) is 44.8 Å². The number of hydrogen-bond acceptors (Lipinski definition) is 4. The van der Waals surface area contributed by atoms with E-state index in [9.17, 15) is 9.18 Å². The number of rotatable bonds is 9. The Balaban J connectivity index is 1.29. The number of anilines is 1. The van der Waals surface area contributed by atoms with Crippen molar-refractivity contribution < 1.29 is 13.9 Å². The summed E-state index contributed by atoms with van der Waals surface area (Å²) in [5, 5.41) is 3.19. The maximum Gasteiger partial charge on any atom is 0.220 e. The third-order valence-corrected chi connectivity index (χ3v) is 6.36. The number of benzene rings is 1. The first-order chi connectivity index (χ1) is 14.1. The quantitative estimate of drug-likeness (QED) is 0.640. The summed E-state index contributed by atoms with van der Waals surface area (Å²) in [6.45, 7) is 5.82. The Morgan fingerprint density at radius 3 is 2.62 bits per heavy atom. The van der Waals surface area contributed by atoms with Crippen LogP contribution in [0.3, 0.4) is 0 Å². The summed E-state index contributed by atoms with van der Waals surface area (Å²) in [4.78, 5) is 16.8. The number of ether oxygens (including phenoxy) is 1. The van der Waals surface area contributed by atoms with Crippen molar-refractivity contribution in [1.29, 1.82) is 0 Å². The van der Waals surface area contributed by atoms with Crippen molar-refractivity contribution in [3.8, 4) is 0 Å². The highest BCUT2D eigenvalue weighted by Crippen LogP contribution is 2.27. The fourth-order valence-corrected chi connectivity index (χ4v) is 4.54. The molecule has 1 amide bonds. The lowest BCUT2D eigenvalue weighted by Crippen LogP contribution is -2.47. The number of hydrogen-bond donors (Lipinski definition) is 1. The van der Waals surface area contributed by atoms with Gasteiger partial charge in [-0.05, 0) is 69.2 Å². The molecular weight excluding hydrogens is 369 g/mol. The Bertz CT molecular complexity index is 626. The van der Waals surface area contributed by atoms with Crippen LogP contribution in [0.4, 0.5) is 10.1 Å². The van der Waals surface area contributed by atoms with Crippen LogP contribution in [0.25, 0.3) is 0 Å². The van der Waals surface area contributed by atoms with Gasteiger partial charge in [-0.3, -0.25) is 9.69 Å². The minimum atomic E-state index is -0.160. The van der Waals surface area contributed by atoms with Gasteiger partial charge in [0.05, 0.1) is 0 Å². The lowest BCUT2D eigenvalue weighted by molar-refractivity contribution is -0.122. The average molecular weight is 406 g/mol. The Morgan fingerprint density at radius 1 is 1.17 bits per heavy atom. The molecule has 1 aliphatic heterocycles. The van der Waals surface area contributed by atoms with Gasteiger partial charge in [-0.15, -0.1) is 0 Å². The molecule has 0 unspecified atom stereocenters. The Kier molecular flexibility index (Phi) is 8.74. The van der Waals surface area contributed by atoms with Gasteiger partial charge in [0.2, 0.25) is 5.91 Å². The average Bonchev–Trinajstić information content (AvgIpc) is 2.74. The SMILES string of the molecule is COCCCC(=O)N[C@H]1CC[C@H](CCN2CCN(c3cccc(F)c3)CC2)CC1. The van der Waals surface area contributed by atoms with Gasteiger partial charge in [0.25, 0.3) is 0 Å². The summed E-state index contributed by atoms with van der Waals surface area (Å²) in [6.07, 6.45) is 7.24. The number of halogens is 1. The zero-order chi connectivity index (χ0) is 20.5. The van der Waals surface area contributed by atoms with Crippen LogP contribution in [-0.4, -0.2) is 63.3 Å². The molecule has 6 heteroatoms. The van der Waals surface area contributed by atoms with Crippen LogP contribution in [0.5, 0.6) is 0 Å². The first kappa shape index (κ1) is 22.0. The van der Waals surface area contributed by atoms with Crippen molar-refractivity contribution in [2.45, 2.75) is 51.0 Å². The normalized spacial score (nSPS) is 23.2. The predicted octanol–water partition coefficient (Wildman–Crippen LogP) is 3.44. The summed E-state index contributed by atoms with van der Waals surface area (Å²) in [5.74, 6) is 0.784. The van der Waals surface area contributed by atoms with E-state index in [4.69, 9.17) is 4.74 Å². The van der Waals surface area contributed by atoms with E-state index in [-0.39, 0.29) is 11.7 Å². The number of carbonyl (C=O) groups is 1. The Hall–Kier alpha value is -1.66. The lowest BCUT2D eigenvalue weighted by Gasteiger charge is -2.37. The molecule has 29 heavy (non-hydrogen) atoms. The summed E-state index contributed by atoms with van der Waals surface area (Å²) in [5.41, 5.74) is 0.993. The Labute approximate surface area is 174 Å². The smallest absolute Gasteiger partial charge is 0.220 e. The van der Waals surface area contributed by atoms with Crippen molar-refractivity contribution in [2.75, 3.05) is 51.3 Å². The third-order valence-electron chi connectivity index (χ3n) is 6.36. The first-order valence-corrected chi connectivity index (χ1v) is 11.1. The zero-order valence-electron chi connectivity index (χ0n) is 17.7. The predicted molar refractivity (Wildman–Crippen MR) is 115 cm³/mol. The summed E-state index contributed by atoms with van der Waals surface area (Å²) in [6, 6.07) is 7.27. The molecular formula is C23H36FN3O2. The highest BCUT2D eigenvalue weighted by atomic mass is 19.1. The van der Waals surface area contributed by atoms with Crippen molar-refractivity contribution in [3.63, 3.8) is 0 Å². The van der Waals surface area contributed by atoms with Crippen LogP contribution in [0, 0.1) is 11.7 Å². The molecule has 1 aromatic rings. The van der Waals surface area contributed by atoms with E-state index in [1.165, 1.54) is 25.3 Å². The monoisotopic (exact) mass is 405 g/mol. The van der Waals surface area contributed by atoms with Gasteiger partial charge in [-0.1, -0.05) is 6.07 Å². The number of amides is 1. The van der Waals surface area contributed by atoms with E-state index in [1.54, 1.807) is 19.2 Å². The van der Waals surface area contributed by atoms with Crippen LogP contribution >= 0.6 is 0 Å². The molecule has 1 saturated carbocycles. The van der Waals surface area contributed by atoms with Gasteiger partial charge in [0.1, 0.15) is 5.82 Å². The molecule has 3 rings (SSSR count). The molecule has 1 aliphatic carbocycles. The standard InChI is InChI=1S/C23H36FN3O2/c1-29-17-3-6-23(28)25-21-9-7-19(8-10-21)11-12-26-13-15-27(16-14-26)22-5-2-4-20(24)18-22/h2,4-5,18-19,21H,3,6-17H2,1H3,(H,25,28)/t19-,21-. The van der Waals surface area contributed by atoms with Crippen LogP contribution in [0.2, 0.25) is 0 Å². The van der Waals surface area contributed by atoms with Crippen LogP contribution in [-0.2, 0) is 9.53 Å². The fourth-order valence-electron chi connectivity index (χ4n) is 4.54. The maximum atomic E-state index is 13.4. The number of nitrogens with one attached hydrogen (secondary N) is 1. The molecule has 5 nitrogen and oxygen atoms in total. The highest BCUT2D eigenvalue weighted by Gasteiger charge is 2.24. The fraction of sp³-hybridized carbons (Fsp3) is 0.696. The van der Waals surface area contributed by atoms with Crippen LogP contribution < -0.4 is 10.2 Å². The first-order valence-electron chi connectivity index (χ1n) is 11.1. The van der Waals surface area contributed by atoms with Crippen molar-refractivity contribution in [3.05, 3.63) is 30.1 Å². The second-order valence-electron chi connectivity index (χ2n) is 8.48. The largest absolute Gasteiger partial charge is 0.385 e. The van der Waals surface area contributed by atoms with E-state index in [0.717, 1.165) is 63.6 Å². The molecule has 1 saturated heterocycles. The van der Waals surface area contributed by atoms with Crippen molar-refractivity contribution in [2.24, 2.45) is 5.92 Å². The van der Waals surface area contributed by atoms with E-state index in [0.29, 0.717) is 19.1 Å². The lowest BCUT2D eigenvalue weighted by atomic mass is 9.84. The maximum absolute atomic E-state index is 13.4. The number of methoxy groups -OCH3 is 1. The summed E-state index contributed by atoms with van der Waals surface area (Å²) >= 11 is 0. The second kappa shape index (κ2) is 11.5. The summed E-state index contributed by atoms with van der Waals surface area (Å²) in [7, 11) is 1.67. The Morgan fingerprint density at radius 2 is 1.93 bits per heavy atom. The molecule has 162 valence electrons. The van der Waals surface area contributed by atoms with Gasteiger partial charge in [0, 0.05) is 58.0 Å². The molecule has 0 aromatic heterocycles. The molecule has 2 aliphatic rings. The molecule has 1 heterocycles. The zero-order valence-corrected chi connectivity index (χ0v) is 17.7. The van der Waals surface area contributed by atoms with Gasteiger partial charge < -0.3 is 15.0 Å². The van der Waals surface area contributed by atoms with E-state index >= 15 is 0 Å². The van der Waals surface area contributed by atoms with Crippen LogP contribution in [0.1, 0.15) is 44.9 Å².